The molecule has 3 aliphatic rings. The van der Waals surface area contributed by atoms with Crippen LogP contribution in [0.25, 0.3) is 0 Å². The van der Waals surface area contributed by atoms with Crippen molar-refractivity contribution in [2.24, 2.45) is 11.1 Å². The van der Waals surface area contributed by atoms with Crippen molar-refractivity contribution in [3.8, 4) is 0 Å². The van der Waals surface area contributed by atoms with Gasteiger partial charge in [0.05, 0.1) is 0 Å². The summed E-state index contributed by atoms with van der Waals surface area (Å²) >= 11 is 0. The number of nitrogens with two attached hydrogens (primary N) is 1. The van der Waals surface area contributed by atoms with Crippen molar-refractivity contribution < 1.29 is 14.3 Å². The number of carboxylic acid groups (broad SMARTS) is 1. The van der Waals surface area contributed by atoms with Crippen molar-refractivity contribution in [2.45, 2.75) is 37.6 Å². The van der Waals surface area contributed by atoms with Gasteiger partial charge in [-0.3, -0.25) is 4.79 Å². The molecule has 1 unspecified atom stereocenters. The molecule has 0 heterocycles. The van der Waals surface area contributed by atoms with E-state index in [0.717, 1.165) is 11.1 Å². The Morgan fingerprint density at radius 1 is 1.44 bits per heavy atom. The van der Waals surface area contributed by atoms with Crippen molar-refractivity contribution >= 4 is 5.97 Å². The summed E-state index contributed by atoms with van der Waals surface area (Å²) in [6, 6.07) is 4.31. The number of halogens is 1. The lowest BCUT2D eigenvalue weighted by Crippen LogP contribution is -2.72. The molecule has 3 nitrogen and oxygen atoms in total. The van der Waals surface area contributed by atoms with Gasteiger partial charge in [-0.05, 0) is 43.2 Å². The maximum absolute atomic E-state index is 13.8. The van der Waals surface area contributed by atoms with Gasteiger partial charge in [0.1, 0.15) is 11.9 Å². The molecule has 1 atom stereocenters. The lowest BCUT2D eigenvalue weighted by atomic mass is 9.31. The van der Waals surface area contributed by atoms with Crippen LogP contribution >= 0.6 is 0 Å². The highest BCUT2D eigenvalue weighted by molar-refractivity contribution is 5.76. The quantitative estimate of drug-likeness (QED) is 0.860. The summed E-state index contributed by atoms with van der Waals surface area (Å²) in [5.41, 5.74) is 7.04. The number of carboxylic acids is 1. The Morgan fingerprint density at radius 3 is 2.61 bits per heavy atom. The molecular formula is C14H16FNO2. The Balaban J connectivity index is 1.84. The third-order valence-electron chi connectivity index (χ3n) is 4.69. The van der Waals surface area contributed by atoms with Crippen LogP contribution in [0.5, 0.6) is 0 Å². The first kappa shape index (κ1) is 11.7. The lowest BCUT2D eigenvalue weighted by molar-refractivity contribution is -0.179. The molecule has 0 aromatic heterocycles. The Labute approximate surface area is 105 Å². The second-order valence-electron chi connectivity index (χ2n) is 5.97. The number of benzene rings is 1. The minimum atomic E-state index is -0.951. The van der Waals surface area contributed by atoms with Gasteiger partial charge in [0, 0.05) is 5.41 Å². The van der Waals surface area contributed by atoms with Gasteiger partial charge in [0.15, 0.2) is 0 Å². The molecule has 1 aromatic rings. The molecule has 1 aromatic carbocycles. The van der Waals surface area contributed by atoms with Gasteiger partial charge in [-0.25, -0.2) is 4.39 Å². The molecule has 0 spiro atoms. The fourth-order valence-electron chi connectivity index (χ4n) is 3.79. The van der Waals surface area contributed by atoms with Crippen LogP contribution in [0.2, 0.25) is 0 Å². The first-order valence-corrected chi connectivity index (χ1v) is 6.14. The second kappa shape index (κ2) is 3.32. The van der Waals surface area contributed by atoms with Gasteiger partial charge in [-0.1, -0.05) is 17.7 Å². The zero-order chi connectivity index (χ0) is 13.1. The van der Waals surface area contributed by atoms with E-state index in [-0.39, 0.29) is 16.6 Å². The average molecular weight is 249 g/mol. The summed E-state index contributed by atoms with van der Waals surface area (Å²) in [4.78, 5) is 10.9. The third kappa shape index (κ3) is 1.29. The third-order valence-corrected chi connectivity index (χ3v) is 4.69. The zero-order valence-electron chi connectivity index (χ0n) is 10.2. The summed E-state index contributed by atoms with van der Waals surface area (Å²) in [5.74, 6) is -1.13. The number of carbonyl (C=O) groups is 1. The molecule has 18 heavy (non-hydrogen) atoms. The van der Waals surface area contributed by atoms with E-state index in [4.69, 9.17) is 10.8 Å². The van der Waals surface area contributed by atoms with Crippen LogP contribution in [0.4, 0.5) is 4.39 Å². The highest BCUT2D eigenvalue weighted by Gasteiger charge is 2.72. The second-order valence-corrected chi connectivity index (χ2v) is 5.97. The fourth-order valence-corrected chi connectivity index (χ4v) is 3.79. The number of hydrogen-bond acceptors (Lipinski definition) is 2. The lowest BCUT2D eigenvalue weighted by Gasteiger charge is -2.72. The first-order valence-electron chi connectivity index (χ1n) is 6.14. The van der Waals surface area contributed by atoms with E-state index in [1.54, 1.807) is 6.07 Å². The van der Waals surface area contributed by atoms with Crippen molar-refractivity contribution in [3.63, 3.8) is 0 Å². The Bertz CT molecular complexity index is 521. The number of aryl methyl sites for hydroxylation is 1. The van der Waals surface area contributed by atoms with Crippen LogP contribution < -0.4 is 5.73 Å². The molecule has 3 N–H and O–H groups in total. The summed E-state index contributed by atoms with van der Waals surface area (Å²) in [6.45, 7) is 1.94. The van der Waals surface area contributed by atoms with Crippen LogP contribution in [0, 0.1) is 18.2 Å². The molecule has 96 valence electrons. The maximum atomic E-state index is 13.8. The summed E-state index contributed by atoms with van der Waals surface area (Å²) < 4.78 is 13.8. The van der Waals surface area contributed by atoms with E-state index in [9.17, 15) is 9.18 Å². The van der Waals surface area contributed by atoms with E-state index >= 15 is 0 Å². The molecular weight excluding hydrogens is 233 g/mol. The summed E-state index contributed by atoms with van der Waals surface area (Å²) in [7, 11) is 0. The average Bonchev–Trinajstić information content (AvgIpc) is 2.19. The van der Waals surface area contributed by atoms with Crippen molar-refractivity contribution in [1.82, 2.24) is 0 Å². The van der Waals surface area contributed by atoms with Crippen molar-refractivity contribution in [1.29, 1.82) is 0 Å². The molecule has 0 radical (unpaired) electrons. The first-order chi connectivity index (χ1) is 8.39. The van der Waals surface area contributed by atoms with Crippen LogP contribution in [0.1, 0.15) is 30.4 Å². The Hall–Kier alpha value is -1.42. The molecule has 0 amide bonds. The minimum absolute atomic E-state index is 0.150. The maximum Gasteiger partial charge on any atom is 0.321 e. The van der Waals surface area contributed by atoms with E-state index in [1.807, 2.05) is 13.0 Å². The molecule has 3 fully saturated rings. The standard InChI is InChI=1S/C14H16FNO2/c1-8-2-3-10(15)9(4-8)13-5-14(6-13,7-13)11(16)12(17)18/h2-4,11H,5-7,16H2,1H3,(H,17,18). The van der Waals surface area contributed by atoms with Crippen LogP contribution in [0.15, 0.2) is 18.2 Å². The smallest absolute Gasteiger partial charge is 0.321 e. The molecule has 3 aliphatic carbocycles. The Morgan fingerprint density at radius 2 is 2.06 bits per heavy atom. The van der Waals surface area contributed by atoms with Crippen LogP contribution in [-0.4, -0.2) is 17.1 Å². The molecule has 0 aliphatic heterocycles. The predicted molar refractivity (Wildman–Crippen MR) is 64.7 cm³/mol. The zero-order valence-corrected chi connectivity index (χ0v) is 10.2. The number of hydrogen-bond donors (Lipinski definition) is 2. The SMILES string of the molecule is Cc1ccc(F)c(C23CC(C(N)C(=O)O)(C2)C3)c1. The highest BCUT2D eigenvalue weighted by Crippen LogP contribution is 2.74. The Kier molecular flexibility index (Phi) is 2.15. The summed E-state index contributed by atoms with van der Waals surface area (Å²) in [5, 5.41) is 8.96. The van der Waals surface area contributed by atoms with Crippen molar-refractivity contribution in [3.05, 3.63) is 35.1 Å². The topological polar surface area (TPSA) is 63.3 Å². The van der Waals surface area contributed by atoms with Crippen LogP contribution in [0.3, 0.4) is 0 Å². The molecule has 0 saturated heterocycles. The molecule has 2 bridgehead atoms. The highest BCUT2D eigenvalue weighted by atomic mass is 19.1. The van der Waals surface area contributed by atoms with Gasteiger partial charge in [0.2, 0.25) is 0 Å². The normalized spacial score (nSPS) is 34.4. The largest absolute Gasteiger partial charge is 0.480 e. The predicted octanol–water partition coefficient (Wildman–Crippen LogP) is 1.97. The number of aliphatic carboxylic acids is 1. The van der Waals surface area contributed by atoms with Gasteiger partial charge in [-0.2, -0.15) is 0 Å². The van der Waals surface area contributed by atoms with Crippen LogP contribution in [-0.2, 0) is 10.2 Å². The van der Waals surface area contributed by atoms with E-state index in [1.165, 1.54) is 6.07 Å². The molecule has 4 heteroatoms. The van der Waals surface area contributed by atoms with Gasteiger partial charge >= 0.3 is 5.97 Å². The summed E-state index contributed by atoms with van der Waals surface area (Å²) in [6.07, 6.45) is 2.11. The monoisotopic (exact) mass is 249 g/mol. The van der Waals surface area contributed by atoms with Gasteiger partial charge < -0.3 is 10.8 Å². The fraction of sp³-hybridized carbons (Fsp3) is 0.500. The molecule has 4 rings (SSSR count). The van der Waals surface area contributed by atoms with Gasteiger partial charge in [0.25, 0.3) is 0 Å². The molecule has 3 saturated carbocycles. The van der Waals surface area contributed by atoms with E-state index in [0.29, 0.717) is 19.3 Å². The van der Waals surface area contributed by atoms with Crippen molar-refractivity contribution in [2.75, 3.05) is 0 Å². The van der Waals surface area contributed by atoms with E-state index in [2.05, 4.69) is 0 Å². The van der Waals surface area contributed by atoms with Gasteiger partial charge in [-0.15, -0.1) is 0 Å². The van der Waals surface area contributed by atoms with E-state index < -0.39 is 12.0 Å². The minimum Gasteiger partial charge on any atom is -0.480 e. The number of rotatable bonds is 3.